The molecular formula is C15H20N4O2. The fraction of sp³-hybridized carbons (Fsp3) is 0.333. The molecule has 6 nitrogen and oxygen atoms in total. The molecule has 1 heterocycles. The van der Waals surface area contributed by atoms with Crippen LogP contribution in [0, 0.1) is 6.92 Å². The van der Waals surface area contributed by atoms with E-state index in [1.54, 1.807) is 10.9 Å². The summed E-state index contributed by atoms with van der Waals surface area (Å²) in [6.45, 7) is 4.69. The maximum atomic E-state index is 11.1. The highest BCUT2D eigenvalue weighted by molar-refractivity contribution is 5.89. The number of aliphatic hydroxyl groups excluding tert-OH is 1. The van der Waals surface area contributed by atoms with Crippen LogP contribution in [0.25, 0.3) is 0 Å². The van der Waals surface area contributed by atoms with Gasteiger partial charge in [0.15, 0.2) is 0 Å². The van der Waals surface area contributed by atoms with E-state index in [4.69, 9.17) is 5.11 Å². The number of anilines is 2. The highest BCUT2D eigenvalue weighted by atomic mass is 16.3. The molecule has 1 aromatic carbocycles. The first-order valence-corrected chi connectivity index (χ1v) is 6.83. The number of nitrogens with one attached hydrogen (secondary N) is 2. The van der Waals surface area contributed by atoms with E-state index in [2.05, 4.69) is 15.7 Å². The third kappa shape index (κ3) is 4.32. The topological polar surface area (TPSA) is 79.2 Å². The van der Waals surface area contributed by atoms with Gasteiger partial charge in [-0.15, -0.1) is 0 Å². The fourth-order valence-corrected chi connectivity index (χ4v) is 2.03. The summed E-state index contributed by atoms with van der Waals surface area (Å²) < 4.78 is 1.71. The number of rotatable bonds is 6. The fourth-order valence-electron chi connectivity index (χ4n) is 2.03. The number of aryl methyl sites for hydroxylation is 1. The molecule has 6 heteroatoms. The minimum atomic E-state index is -0.0740. The number of aliphatic hydroxyl groups is 1. The summed E-state index contributed by atoms with van der Waals surface area (Å²) in [5.74, 6) is -0.0740. The maximum absolute atomic E-state index is 11.1. The highest BCUT2D eigenvalue weighted by Gasteiger charge is 2.03. The number of benzene rings is 1. The van der Waals surface area contributed by atoms with Crippen molar-refractivity contribution in [3.05, 3.63) is 41.7 Å². The van der Waals surface area contributed by atoms with Gasteiger partial charge in [0.1, 0.15) is 0 Å². The van der Waals surface area contributed by atoms with Gasteiger partial charge in [0.05, 0.1) is 19.3 Å². The molecule has 0 aliphatic carbocycles. The molecule has 0 fully saturated rings. The van der Waals surface area contributed by atoms with Crippen LogP contribution in [0.5, 0.6) is 0 Å². The molecule has 0 spiro atoms. The molecule has 0 aliphatic heterocycles. The molecule has 0 radical (unpaired) electrons. The normalized spacial score (nSPS) is 10.4. The van der Waals surface area contributed by atoms with Gasteiger partial charge in [-0.1, -0.05) is 0 Å². The van der Waals surface area contributed by atoms with Gasteiger partial charge in [-0.05, 0) is 30.7 Å². The molecule has 1 amide bonds. The molecule has 0 bridgehead atoms. The van der Waals surface area contributed by atoms with Crippen LogP contribution in [0.3, 0.4) is 0 Å². The Morgan fingerprint density at radius 1 is 1.43 bits per heavy atom. The predicted octanol–water partition coefficient (Wildman–Crippen LogP) is 1.75. The first-order valence-electron chi connectivity index (χ1n) is 6.83. The van der Waals surface area contributed by atoms with Crippen molar-refractivity contribution in [2.45, 2.75) is 26.9 Å². The molecule has 1 aromatic heterocycles. The number of hydrogen-bond donors (Lipinski definition) is 3. The molecule has 0 atom stereocenters. The van der Waals surface area contributed by atoms with Gasteiger partial charge < -0.3 is 15.7 Å². The molecule has 21 heavy (non-hydrogen) atoms. The predicted molar refractivity (Wildman–Crippen MR) is 82.1 cm³/mol. The van der Waals surface area contributed by atoms with Crippen LogP contribution < -0.4 is 10.6 Å². The summed E-state index contributed by atoms with van der Waals surface area (Å²) in [5, 5.41) is 19.1. The molecule has 0 saturated heterocycles. The van der Waals surface area contributed by atoms with E-state index >= 15 is 0 Å². The third-order valence-corrected chi connectivity index (χ3v) is 3.05. The largest absolute Gasteiger partial charge is 0.394 e. The number of amides is 1. The van der Waals surface area contributed by atoms with Crippen molar-refractivity contribution in [1.82, 2.24) is 9.78 Å². The Hall–Kier alpha value is -2.34. The Bertz CT molecular complexity index is 622. The lowest BCUT2D eigenvalue weighted by Gasteiger charge is -2.10. The van der Waals surface area contributed by atoms with E-state index in [1.165, 1.54) is 6.92 Å². The molecule has 2 aromatic rings. The number of hydrogen-bond acceptors (Lipinski definition) is 4. The maximum Gasteiger partial charge on any atom is 0.221 e. The van der Waals surface area contributed by atoms with Gasteiger partial charge in [0, 0.05) is 36.6 Å². The summed E-state index contributed by atoms with van der Waals surface area (Å²) in [7, 11) is 0. The number of aromatic nitrogens is 2. The minimum absolute atomic E-state index is 0.0740. The molecule has 112 valence electrons. The Balaban J connectivity index is 1.96. The third-order valence-electron chi connectivity index (χ3n) is 3.05. The first-order chi connectivity index (χ1) is 10.1. The second-order valence-corrected chi connectivity index (χ2v) is 4.90. The monoisotopic (exact) mass is 288 g/mol. The van der Waals surface area contributed by atoms with Crippen LogP contribution >= 0.6 is 0 Å². The van der Waals surface area contributed by atoms with Gasteiger partial charge in [-0.3, -0.25) is 9.48 Å². The second kappa shape index (κ2) is 6.90. The zero-order valence-electron chi connectivity index (χ0n) is 12.3. The van der Waals surface area contributed by atoms with Crippen LogP contribution in [0.15, 0.2) is 30.6 Å². The Kier molecular flexibility index (Phi) is 4.94. The summed E-state index contributed by atoms with van der Waals surface area (Å²) >= 11 is 0. The SMILES string of the molecule is CC(=O)Nc1ccc(NCc2cnn(CCO)c2)cc1C. The van der Waals surface area contributed by atoms with Crippen LogP contribution in [-0.2, 0) is 17.9 Å². The van der Waals surface area contributed by atoms with E-state index in [0.717, 1.165) is 22.5 Å². The zero-order chi connectivity index (χ0) is 15.2. The van der Waals surface area contributed by atoms with Gasteiger partial charge in [-0.2, -0.15) is 5.10 Å². The lowest BCUT2D eigenvalue weighted by atomic mass is 10.1. The van der Waals surface area contributed by atoms with Crippen molar-refractivity contribution in [3.63, 3.8) is 0 Å². The molecule has 0 saturated carbocycles. The molecule has 0 aliphatic rings. The lowest BCUT2D eigenvalue weighted by Crippen LogP contribution is -2.07. The second-order valence-electron chi connectivity index (χ2n) is 4.90. The van der Waals surface area contributed by atoms with Gasteiger partial charge in [0.2, 0.25) is 5.91 Å². The Labute approximate surface area is 123 Å². The van der Waals surface area contributed by atoms with Gasteiger partial charge in [0.25, 0.3) is 0 Å². The van der Waals surface area contributed by atoms with Gasteiger partial charge >= 0.3 is 0 Å². The van der Waals surface area contributed by atoms with Crippen molar-refractivity contribution in [2.75, 3.05) is 17.2 Å². The molecular weight excluding hydrogens is 268 g/mol. The van der Waals surface area contributed by atoms with E-state index < -0.39 is 0 Å². The Morgan fingerprint density at radius 3 is 2.90 bits per heavy atom. The van der Waals surface area contributed by atoms with Crippen molar-refractivity contribution < 1.29 is 9.90 Å². The van der Waals surface area contributed by atoms with E-state index in [1.807, 2.05) is 31.3 Å². The highest BCUT2D eigenvalue weighted by Crippen LogP contribution is 2.20. The smallest absolute Gasteiger partial charge is 0.221 e. The summed E-state index contributed by atoms with van der Waals surface area (Å²) in [5.41, 5.74) is 3.86. The average Bonchev–Trinajstić information content (AvgIpc) is 2.87. The van der Waals surface area contributed by atoms with Crippen molar-refractivity contribution in [1.29, 1.82) is 0 Å². The zero-order valence-corrected chi connectivity index (χ0v) is 12.3. The van der Waals surface area contributed by atoms with Crippen molar-refractivity contribution in [3.8, 4) is 0 Å². The summed E-state index contributed by atoms with van der Waals surface area (Å²) in [4.78, 5) is 11.1. The summed E-state index contributed by atoms with van der Waals surface area (Å²) in [6.07, 6.45) is 3.68. The van der Waals surface area contributed by atoms with Crippen molar-refractivity contribution >= 4 is 17.3 Å². The van der Waals surface area contributed by atoms with Crippen LogP contribution in [0.1, 0.15) is 18.1 Å². The quantitative estimate of drug-likeness (QED) is 0.756. The average molecular weight is 288 g/mol. The lowest BCUT2D eigenvalue weighted by molar-refractivity contribution is -0.114. The van der Waals surface area contributed by atoms with E-state index in [9.17, 15) is 4.79 Å². The number of nitrogens with zero attached hydrogens (tertiary/aromatic N) is 2. The van der Waals surface area contributed by atoms with Crippen LogP contribution in [-0.4, -0.2) is 27.4 Å². The standard InChI is InChI=1S/C15H20N4O2/c1-11-7-14(3-4-15(11)18-12(2)21)16-8-13-9-17-19(10-13)5-6-20/h3-4,7,9-10,16,20H,5-6,8H2,1-2H3,(H,18,21). The van der Waals surface area contributed by atoms with Crippen LogP contribution in [0.2, 0.25) is 0 Å². The molecule has 2 rings (SSSR count). The first kappa shape index (κ1) is 15.1. The van der Waals surface area contributed by atoms with E-state index in [0.29, 0.717) is 13.1 Å². The number of carbonyl (C=O) groups is 1. The van der Waals surface area contributed by atoms with Crippen LogP contribution in [0.4, 0.5) is 11.4 Å². The van der Waals surface area contributed by atoms with E-state index in [-0.39, 0.29) is 12.5 Å². The minimum Gasteiger partial charge on any atom is -0.394 e. The molecule has 3 N–H and O–H groups in total. The summed E-state index contributed by atoms with van der Waals surface area (Å²) in [6, 6.07) is 5.80. The molecule has 0 unspecified atom stereocenters. The Morgan fingerprint density at radius 2 is 2.24 bits per heavy atom. The van der Waals surface area contributed by atoms with Gasteiger partial charge in [-0.25, -0.2) is 0 Å². The van der Waals surface area contributed by atoms with Crippen molar-refractivity contribution in [2.24, 2.45) is 0 Å². The number of carbonyl (C=O) groups excluding carboxylic acids is 1.